The molecule has 0 spiro atoms. The number of hydrogen-bond donors (Lipinski definition) is 1. The third-order valence-electron chi connectivity index (χ3n) is 4.01. The summed E-state index contributed by atoms with van der Waals surface area (Å²) in [5, 5.41) is 10.5. The van der Waals surface area contributed by atoms with Gasteiger partial charge in [0.25, 0.3) is 0 Å². The van der Waals surface area contributed by atoms with Crippen LogP contribution in [0, 0.1) is 0 Å². The van der Waals surface area contributed by atoms with E-state index in [4.69, 9.17) is 0 Å². The minimum Gasteiger partial charge on any atom is -0.388 e. The number of aliphatic hydroxyl groups is 1. The van der Waals surface area contributed by atoms with Gasteiger partial charge in [0.2, 0.25) is 0 Å². The molecule has 1 aliphatic carbocycles. The quantitative estimate of drug-likeness (QED) is 0.866. The molecule has 0 radical (unpaired) electrons. The normalized spacial score (nSPS) is 18.9. The molecule has 0 heterocycles. The molecule has 2 unspecified atom stereocenters. The monoisotopic (exact) mass is 238 g/mol. The molecular weight excluding hydrogens is 220 g/mol. The summed E-state index contributed by atoms with van der Waals surface area (Å²) in [6.07, 6.45) is 1.67. The van der Waals surface area contributed by atoms with Gasteiger partial charge in [-0.3, -0.25) is 0 Å². The van der Waals surface area contributed by atoms with Gasteiger partial charge in [0.1, 0.15) is 0 Å². The van der Waals surface area contributed by atoms with E-state index in [1.807, 2.05) is 0 Å². The van der Waals surface area contributed by atoms with Crippen LogP contribution in [0.25, 0.3) is 0 Å². The van der Waals surface area contributed by atoms with Gasteiger partial charge in [-0.25, -0.2) is 0 Å². The number of fused-ring (bicyclic) bond motifs is 1. The molecule has 0 saturated heterocycles. The predicted molar refractivity (Wildman–Crippen MR) is 73.7 cm³/mol. The van der Waals surface area contributed by atoms with Gasteiger partial charge in [-0.15, -0.1) is 0 Å². The second-order valence-corrected chi connectivity index (χ2v) is 5.05. The maximum atomic E-state index is 10.5. The highest BCUT2D eigenvalue weighted by Gasteiger charge is 2.32. The number of benzene rings is 2. The van der Waals surface area contributed by atoms with E-state index in [1.54, 1.807) is 0 Å². The van der Waals surface area contributed by atoms with Crippen molar-refractivity contribution < 1.29 is 5.11 Å². The Bertz CT molecular complexity index is 542. The number of hydrogen-bond acceptors (Lipinski definition) is 1. The van der Waals surface area contributed by atoms with Crippen LogP contribution >= 0.6 is 0 Å². The van der Waals surface area contributed by atoms with Gasteiger partial charge >= 0.3 is 0 Å². The second-order valence-electron chi connectivity index (χ2n) is 5.05. The molecule has 92 valence electrons. The number of rotatable bonds is 3. The fourth-order valence-corrected chi connectivity index (χ4v) is 2.76. The van der Waals surface area contributed by atoms with Crippen molar-refractivity contribution in [3.63, 3.8) is 0 Å². The van der Waals surface area contributed by atoms with Gasteiger partial charge in [0.05, 0.1) is 6.10 Å². The first kappa shape index (κ1) is 11.5. The van der Waals surface area contributed by atoms with Crippen molar-refractivity contribution in [1.29, 1.82) is 0 Å². The molecular formula is C17H18O. The predicted octanol–water partition coefficient (Wildman–Crippen LogP) is 3.62. The van der Waals surface area contributed by atoms with Crippen molar-refractivity contribution in [2.24, 2.45) is 0 Å². The van der Waals surface area contributed by atoms with E-state index in [0.29, 0.717) is 0 Å². The van der Waals surface area contributed by atoms with Crippen LogP contribution in [-0.4, -0.2) is 5.11 Å². The van der Waals surface area contributed by atoms with Crippen LogP contribution in [0.4, 0.5) is 0 Å². The molecule has 0 amide bonds. The number of aliphatic hydroxyl groups excluding tert-OH is 1. The van der Waals surface area contributed by atoms with Crippen LogP contribution in [0.2, 0.25) is 0 Å². The summed E-state index contributed by atoms with van der Waals surface area (Å²) in [5.41, 5.74) is 5.04. The second kappa shape index (κ2) is 4.58. The molecule has 2 aromatic rings. The lowest BCUT2D eigenvalue weighted by Crippen LogP contribution is -2.23. The Balaban J connectivity index is 1.82. The van der Waals surface area contributed by atoms with Crippen LogP contribution < -0.4 is 0 Å². The first-order valence-electron chi connectivity index (χ1n) is 6.64. The van der Waals surface area contributed by atoms with E-state index in [-0.39, 0.29) is 12.0 Å². The fraction of sp³-hybridized carbons (Fsp3) is 0.294. The maximum absolute atomic E-state index is 10.5. The Morgan fingerprint density at radius 2 is 1.83 bits per heavy atom. The first-order chi connectivity index (χ1) is 8.79. The van der Waals surface area contributed by atoms with Crippen molar-refractivity contribution in [2.75, 3.05) is 0 Å². The van der Waals surface area contributed by atoms with Crippen molar-refractivity contribution in [3.8, 4) is 0 Å². The summed E-state index contributed by atoms with van der Waals surface area (Å²) in [7, 11) is 0. The van der Waals surface area contributed by atoms with E-state index in [2.05, 4.69) is 55.5 Å². The lowest BCUT2D eigenvalue weighted by Gasteiger charge is -2.34. The topological polar surface area (TPSA) is 20.2 Å². The van der Waals surface area contributed by atoms with Gasteiger partial charge in [0.15, 0.2) is 0 Å². The summed E-state index contributed by atoms with van der Waals surface area (Å²) < 4.78 is 0. The zero-order valence-corrected chi connectivity index (χ0v) is 10.6. The summed E-state index contributed by atoms with van der Waals surface area (Å²) in [6, 6.07) is 16.8. The molecule has 18 heavy (non-hydrogen) atoms. The van der Waals surface area contributed by atoms with Crippen LogP contribution in [-0.2, 0) is 12.8 Å². The summed E-state index contributed by atoms with van der Waals surface area (Å²) in [5.74, 6) is 0.272. The lowest BCUT2D eigenvalue weighted by molar-refractivity contribution is 0.134. The molecule has 0 saturated carbocycles. The standard InChI is InChI=1S/C17H18O/c1-2-12-7-9-13(10-8-12)17(18)16-11-14-5-3-4-6-15(14)16/h3-10,16-18H,2,11H2,1H3. The summed E-state index contributed by atoms with van der Waals surface area (Å²) in [6.45, 7) is 2.15. The summed E-state index contributed by atoms with van der Waals surface area (Å²) in [4.78, 5) is 0. The largest absolute Gasteiger partial charge is 0.388 e. The maximum Gasteiger partial charge on any atom is 0.0861 e. The molecule has 1 aliphatic rings. The van der Waals surface area contributed by atoms with Crippen LogP contribution in [0.5, 0.6) is 0 Å². The van der Waals surface area contributed by atoms with Gasteiger partial charge in [-0.1, -0.05) is 55.5 Å². The van der Waals surface area contributed by atoms with Crippen LogP contribution in [0.3, 0.4) is 0 Å². The SMILES string of the molecule is CCc1ccc(C(O)C2Cc3ccccc32)cc1. The third-order valence-corrected chi connectivity index (χ3v) is 4.01. The van der Waals surface area contributed by atoms with Gasteiger partial charge in [0, 0.05) is 5.92 Å². The average Bonchev–Trinajstić information content (AvgIpc) is 2.40. The highest BCUT2D eigenvalue weighted by Crippen LogP contribution is 2.43. The third kappa shape index (κ3) is 1.85. The van der Waals surface area contributed by atoms with E-state index in [1.165, 1.54) is 16.7 Å². The molecule has 1 N–H and O–H groups in total. The van der Waals surface area contributed by atoms with E-state index < -0.39 is 0 Å². The summed E-state index contributed by atoms with van der Waals surface area (Å²) >= 11 is 0. The van der Waals surface area contributed by atoms with Crippen LogP contribution in [0.1, 0.15) is 41.2 Å². The first-order valence-corrected chi connectivity index (χ1v) is 6.64. The zero-order chi connectivity index (χ0) is 12.5. The molecule has 0 fully saturated rings. The molecule has 2 atom stereocenters. The molecule has 2 aromatic carbocycles. The average molecular weight is 238 g/mol. The van der Waals surface area contributed by atoms with E-state index >= 15 is 0 Å². The highest BCUT2D eigenvalue weighted by atomic mass is 16.3. The smallest absolute Gasteiger partial charge is 0.0861 e. The molecule has 0 aromatic heterocycles. The molecule has 0 bridgehead atoms. The Labute approximate surface area is 108 Å². The Morgan fingerprint density at radius 1 is 1.11 bits per heavy atom. The minimum atomic E-state index is -0.370. The van der Waals surface area contributed by atoms with Gasteiger partial charge in [-0.2, -0.15) is 0 Å². The van der Waals surface area contributed by atoms with Crippen LogP contribution in [0.15, 0.2) is 48.5 Å². The van der Waals surface area contributed by atoms with Gasteiger partial charge in [-0.05, 0) is 35.1 Å². The van der Waals surface area contributed by atoms with Gasteiger partial charge < -0.3 is 5.11 Å². The Hall–Kier alpha value is -1.60. The molecule has 0 aliphatic heterocycles. The molecule has 1 heteroatoms. The Morgan fingerprint density at radius 3 is 2.50 bits per heavy atom. The lowest BCUT2D eigenvalue weighted by atomic mass is 9.73. The molecule has 1 nitrogen and oxygen atoms in total. The molecule has 3 rings (SSSR count). The van der Waals surface area contributed by atoms with Crippen molar-refractivity contribution in [1.82, 2.24) is 0 Å². The van der Waals surface area contributed by atoms with Crippen molar-refractivity contribution >= 4 is 0 Å². The minimum absolute atomic E-state index is 0.272. The fourth-order valence-electron chi connectivity index (χ4n) is 2.76. The highest BCUT2D eigenvalue weighted by molar-refractivity contribution is 5.42. The van der Waals surface area contributed by atoms with E-state index in [9.17, 15) is 5.11 Å². The number of aryl methyl sites for hydroxylation is 1. The zero-order valence-electron chi connectivity index (χ0n) is 10.6. The van der Waals surface area contributed by atoms with E-state index in [0.717, 1.165) is 18.4 Å². The van der Waals surface area contributed by atoms with Crippen molar-refractivity contribution in [2.45, 2.75) is 31.8 Å². The van der Waals surface area contributed by atoms with Crippen molar-refractivity contribution in [3.05, 3.63) is 70.8 Å². The Kier molecular flexibility index (Phi) is 2.92.